The highest BCUT2D eigenvalue weighted by atomic mass is 32.1. The fraction of sp³-hybridized carbons (Fsp3) is 0.211. The van der Waals surface area contributed by atoms with Crippen molar-refractivity contribution in [2.24, 2.45) is 0 Å². The van der Waals surface area contributed by atoms with E-state index in [1.807, 2.05) is 36.4 Å². The zero-order valence-corrected chi connectivity index (χ0v) is 15.5. The summed E-state index contributed by atoms with van der Waals surface area (Å²) in [4.78, 5) is 26.3. The molecule has 0 radical (unpaired) electrons. The first-order chi connectivity index (χ1) is 12.5. The first-order valence-corrected chi connectivity index (χ1v) is 8.56. The number of benzene rings is 2. The van der Waals surface area contributed by atoms with E-state index in [2.05, 4.69) is 16.0 Å². The number of amides is 2. The number of hydrogen-bond acceptors (Lipinski definition) is 3. The number of likely N-dealkylation sites (N-methyl/N-ethyl adjacent to an activating group) is 2. The van der Waals surface area contributed by atoms with Crippen molar-refractivity contribution in [3.8, 4) is 0 Å². The van der Waals surface area contributed by atoms with Crippen LogP contribution in [0.3, 0.4) is 0 Å². The molecule has 2 aromatic carbocycles. The van der Waals surface area contributed by atoms with E-state index in [-0.39, 0.29) is 18.4 Å². The minimum Gasteiger partial charge on any atom is -0.357 e. The van der Waals surface area contributed by atoms with E-state index in [1.54, 1.807) is 36.2 Å². The third-order valence-corrected chi connectivity index (χ3v) is 4.15. The summed E-state index contributed by atoms with van der Waals surface area (Å²) >= 11 is 5.38. The van der Waals surface area contributed by atoms with Gasteiger partial charge < -0.3 is 20.9 Å². The summed E-state index contributed by atoms with van der Waals surface area (Å²) < 4.78 is 0. The molecule has 0 saturated heterocycles. The molecule has 2 rings (SSSR count). The number of hydrogen-bond donors (Lipinski definition) is 3. The maximum absolute atomic E-state index is 12.4. The molecule has 0 aliphatic rings. The molecule has 0 aliphatic heterocycles. The Morgan fingerprint density at radius 3 is 2.19 bits per heavy atom. The number of nitrogens with zero attached hydrogens (tertiary/aromatic N) is 1. The molecule has 26 heavy (non-hydrogen) atoms. The number of anilines is 1. The molecule has 0 aliphatic carbocycles. The van der Waals surface area contributed by atoms with Gasteiger partial charge in [0, 0.05) is 31.9 Å². The van der Waals surface area contributed by atoms with Crippen molar-refractivity contribution in [1.82, 2.24) is 15.5 Å². The van der Waals surface area contributed by atoms with Crippen LogP contribution < -0.4 is 16.0 Å². The minimum atomic E-state index is -0.742. The predicted molar refractivity (Wildman–Crippen MR) is 107 cm³/mol. The Morgan fingerprint density at radius 1 is 1.04 bits per heavy atom. The number of nitrogens with one attached hydrogen (secondary N) is 3. The molecular formula is C19H22N4O2S. The topological polar surface area (TPSA) is 73.5 Å². The van der Waals surface area contributed by atoms with E-state index in [9.17, 15) is 9.59 Å². The second-order valence-electron chi connectivity index (χ2n) is 5.68. The van der Waals surface area contributed by atoms with Crippen LogP contribution >= 0.6 is 12.2 Å². The molecule has 2 aromatic rings. The summed E-state index contributed by atoms with van der Waals surface area (Å²) in [5, 5.41) is 8.88. The summed E-state index contributed by atoms with van der Waals surface area (Å²) in [5.41, 5.74) is 1.35. The van der Waals surface area contributed by atoms with Crippen molar-refractivity contribution in [2.45, 2.75) is 6.04 Å². The molecule has 136 valence electrons. The molecule has 0 heterocycles. The largest absolute Gasteiger partial charge is 0.357 e. The highest BCUT2D eigenvalue weighted by Gasteiger charge is 2.23. The van der Waals surface area contributed by atoms with Gasteiger partial charge in [-0.3, -0.25) is 9.59 Å². The molecule has 0 aromatic heterocycles. The summed E-state index contributed by atoms with van der Waals surface area (Å²) in [6, 6.07) is 17.5. The van der Waals surface area contributed by atoms with Crippen LogP contribution in [0, 0.1) is 0 Å². The molecule has 1 atom stereocenters. The predicted octanol–water partition coefficient (Wildman–Crippen LogP) is 1.86. The molecule has 3 N–H and O–H groups in total. The SMILES string of the molecule is CNC(=O)C(CN(C)C(=S)Nc1ccccc1)NC(=O)c1ccccc1. The van der Waals surface area contributed by atoms with Crippen molar-refractivity contribution < 1.29 is 9.59 Å². The Balaban J connectivity index is 2.01. The van der Waals surface area contributed by atoms with Gasteiger partial charge in [0.2, 0.25) is 5.91 Å². The van der Waals surface area contributed by atoms with Crippen LogP contribution in [0.4, 0.5) is 5.69 Å². The van der Waals surface area contributed by atoms with Gasteiger partial charge in [-0.25, -0.2) is 0 Å². The number of para-hydroxylation sites is 1. The quantitative estimate of drug-likeness (QED) is 0.677. The van der Waals surface area contributed by atoms with Crippen LogP contribution in [0.1, 0.15) is 10.4 Å². The molecular weight excluding hydrogens is 348 g/mol. The van der Waals surface area contributed by atoms with Crippen LogP contribution in [-0.4, -0.2) is 48.5 Å². The monoisotopic (exact) mass is 370 g/mol. The smallest absolute Gasteiger partial charge is 0.251 e. The van der Waals surface area contributed by atoms with Gasteiger partial charge in [0.1, 0.15) is 6.04 Å². The Labute approximate surface area is 158 Å². The number of rotatable bonds is 6. The molecule has 0 spiro atoms. The third kappa shape index (κ3) is 5.56. The van der Waals surface area contributed by atoms with Gasteiger partial charge in [0.15, 0.2) is 5.11 Å². The van der Waals surface area contributed by atoms with Crippen molar-refractivity contribution in [1.29, 1.82) is 0 Å². The van der Waals surface area contributed by atoms with Gasteiger partial charge in [0.25, 0.3) is 5.91 Å². The first kappa shape index (κ1) is 19.4. The Kier molecular flexibility index (Phi) is 7.11. The van der Waals surface area contributed by atoms with Crippen LogP contribution in [0.15, 0.2) is 60.7 Å². The standard InChI is InChI=1S/C19H22N4O2S/c1-20-18(25)16(22-17(24)14-9-5-3-6-10-14)13-23(2)19(26)21-15-11-7-4-8-12-15/h3-12,16H,13H2,1-2H3,(H,20,25)(H,21,26)(H,22,24). The minimum absolute atomic E-state index is 0.233. The first-order valence-electron chi connectivity index (χ1n) is 8.16. The van der Waals surface area contributed by atoms with Crippen LogP contribution in [0.25, 0.3) is 0 Å². The van der Waals surface area contributed by atoms with Crippen molar-refractivity contribution in [3.05, 3.63) is 66.2 Å². The van der Waals surface area contributed by atoms with Crippen molar-refractivity contribution in [2.75, 3.05) is 26.0 Å². The molecule has 0 bridgehead atoms. The lowest BCUT2D eigenvalue weighted by atomic mass is 10.2. The van der Waals surface area contributed by atoms with E-state index in [4.69, 9.17) is 12.2 Å². The van der Waals surface area contributed by atoms with Gasteiger partial charge >= 0.3 is 0 Å². The zero-order valence-electron chi connectivity index (χ0n) is 14.7. The lowest BCUT2D eigenvalue weighted by molar-refractivity contribution is -0.122. The summed E-state index contributed by atoms with van der Waals surface area (Å²) in [7, 11) is 3.30. The Morgan fingerprint density at radius 2 is 1.62 bits per heavy atom. The molecule has 0 saturated carbocycles. The average Bonchev–Trinajstić information content (AvgIpc) is 2.68. The Hall–Kier alpha value is -2.93. The van der Waals surface area contributed by atoms with E-state index in [1.165, 1.54) is 7.05 Å². The molecule has 7 heteroatoms. The molecule has 1 unspecified atom stereocenters. The van der Waals surface area contributed by atoms with Crippen LogP contribution in [0.5, 0.6) is 0 Å². The van der Waals surface area contributed by atoms with Crippen LogP contribution in [-0.2, 0) is 4.79 Å². The molecule has 6 nitrogen and oxygen atoms in total. The van der Waals surface area contributed by atoms with Crippen LogP contribution in [0.2, 0.25) is 0 Å². The van der Waals surface area contributed by atoms with E-state index < -0.39 is 6.04 Å². The Bertz CT molecular complexity index is 753. The summed E-state index contributed by atoms with van der Waals surface area (Å²) in [6.45, 7) is 0.233. The second kappa shape index (κ2) is 9.53. The van der Waals surface area contributed by atoms with Crippen molar-refractivity contribution in [3.63, 3.8) is 0 Å². The number of thiocarbonyl (C=S) groups is 1. The maximum Gasteiger partial charge on any atom is 0.251 e. The maximum atomic E-state index is 12.4. The fourth-order valence-electron chi connectivity index (χ4n) is 2.30. The van der Waals surface area contributed by atoms with E-state index in [0.717, 1.165) is 5.69 Å². The summed E-state index contributed by atoms with van der Waals surface area (Å²) in [5.74, 6) is -0.599. The summed E-state index contributed by atoms with van der Waals surface area (Å²) in [6.07, 6.45) is 0. The van der Waals surface area contributed by atoms with E-state index in [0.29, 0.717) is 10.7 Å². The number of carbonyl (C=O) groups excluding carboxylic acids is 2. The van der Waals surface area contributed by atoms with Gasteiger partial charge in [-0.1, -0.05) is 36.4 Å². The molecule has 0 fully saturated rings. The lowest BCUT2D eigenvalue weighted by Gasteiger charge is -2.26. The highest BCUT2D eigenvalue weighted by Crippen LogP contribution is 2.07. The average molecular weight is 370 g/mol. The van der Waals surface area contributed by atoms with Gasteiger partial charge in [-0.05, 0) is 36.5 Å². The van der Waals surface area contributed by atoms with Gasteiger partial charge in [0.05, 0.1) is 0 Å². The van der Waals surface area contributed by atoms with E-state index >= 15 is 0 Å². The fourth-order valence-corrected chi connectivity index (χ4v) is 2.49. The molecule has 2 amide bonds. The van der Waals surface area contributed by atoms with Gasteiger partial charge in [-0.2, -0.15) is 0 Å². The third-order valence-electron chi connectivity index (χ3n) is 3.73. The normalized spacial score (nSPS) is 11.2. The highest BCUT2D eigenvalue weighted by molar-refractivity contribution is 7.80. The second-order valence-corrected chi connectivity index (χ2v) is 6.07. The van der Waals surface area contributed by atoms with Crippen molar-refractivity contribution >= 4 is 34.8 Å². The number of carbonyl (C=O) groups is 2. The lowest BCUT2D eigenvalue weighted by Crippen LogP contribution is -2.52. The zero-order chi connectivity index (χ0) is 18.9. The van der Waals surface area contributed by atoms with Gasteiger partial charge in [-0.15, -0.1) is 0 Å².